The largest absolute Gasteiger partial charge is 0.308 e. The Balaban J connectivity index is 1.11. The Hall–Kier alpha value is -7.02. The molecule has 7 aliphatic carbocycles. The van der Waals surface area contributed by atoms with Crippen molar-refractivity contribution in [3.05, 3.63) is 200 Å². The SMILES string of the molecule is CC12CC(C)(C1)c1cc3c4cc(-c5cccc6c5-c5ccccc5C65C6=C(CCC=C6)c6ccccc65)cc5c6c7c(c(C#N)cc6n(c3cc1C2=O)c45)C(C)(C)c1ccccc1C7(C)C. The first-order valence-corrected chi connectivity index (χ1v) is 24.0. The second-order valence-electron chi connectivity index (χ2n) is 22.4. The number of allylic oxidation sites excluding steroid dienone is 4. The topological polar surface area (TPSA) is 45.3 Å². The van der Waals surface area contributed by atoms with Gasteiger partial charge in [-0.3, -0.25) is 4.79 Å². The van der Waals surface area contributed by atoms with Gasteiger partial charge in [0.15, 0.2) is 5.78 Å². The normalized spacial score (nSPS) is 24.3. The average Bonchev–Trinajstić information content (AvgIpc) is 4.02. The summed E-state index contributed by atoms with van der Waals surface area (Å²) in [5, 5.41) is 16.0. The number of carbonyl (C=O) groups excluding carboxylic acids is 1. The summed E-state index contributed by atoms with van der Waals surface area (Å²) in [5.74, 6) is 0.273. The third kappa shape index (κ3) is 3.94. The van der Waals surface area contributed by atoms with E-state index in [1.54, 1.807) is 0 Å². The van der Waals surface area contributed by atoms with Crippen LogP contribution in [0, 0.1) is 16.7 Å². The lowest BCUT2D eigenvalue weighted by Crippen LogP contribution is -2.55. The van der Waals surface area contributed by atoms with Crippen molar-refractivity contribution >= 4 is 49.5 Å². The quantitative estimate of drug-likeness (QED) is 0.165. The van der Waals surface area contributed by atoms with Crippen LogP contribution in [-0.4, -0.2) is 10.2 Å². The van der Waals surface area contributed by atoms with Crippen LogP contribution in [-0.2, 0) is 21.7 Å². The van der Waals surface area contributed by atoms with E-state index in [4.69, 9.17) is 0 Å². The second-order valence-corrected chi connectivity index (χ2v) is 22.4. The molecule has 2 aromatic heterocycles. The van der Waals surface area contributed by atoms with Crippen LogP contribution in [0.3, 0.4) is 0 Å². The van der Waals surface area contributed by atoms with E-state index in [2.05, 4.69) is 185 Å². The molecule has 1 atom stereocenters. The fourth-order valence-electron chi connectivity index (χ4n) is 15.8. The average molecular weight is 849 g/mol. The molecular weight excluding hydrogens is 801 g/mol. The first kappa shape index (κ1) is 37.2. The summed E-state index contributed by atoms with van der Waals surface area (Å²) in [6.07, 6.45) is 8.72. The van der Waals surface area contributed by atoms with Crippen molar-refractivity contribution in [2.24, 2.45) is 5.41 Å². The van der Waals surface area contributed by atoms with Gasteiger partial charge in [-0.25, -0.2) is 0 Å². The van der Waals surface area contributed by atoms with Crippen molar-refractivity contribution in [2.45, 2.75) is 88.9 Å². The third-order valence-corrected chi connectivity index (χ3v) is 18.1. The number of nitriles is 1. The molecule has 7 aliphatic rings. The minimum atomic E-state index is -0.411. The molecule has 0 amide bonds. The Labute approximate surface area is 385 Å². The van der Waals surface area contributed by atoms with Crippen molar-refractivity contribution in [3.63, 3.8) is 0 Å². The standard InChI is InChI=1S/C63H48N2O/c1-59(2)47-23-13-14-24-48(47)60(3,4)56-54-43-27-34(36-19-15-25-49-53(36)39-18-9-12-22-46(39)63(49)44-20-10-7-16-37(44)38-17-8-11-21-45(38)63)26-41-40-29-50-42(58(66)62(6)32-61(50,5)33-62)30-51(40)65(57(41)43)52(54)28-35(31-64)55(56)59/h7,9-16,18-30H,8,17,32-33H2,1-6H3. The Morgan fingerprint density at radius 3 is 1.95 bits per heavy atom. The molecule has 316 valence electrons. The number of rotatable bonds is 1. The monoisotopic (exact) mass is 848 g/mol. The van der Waals surface area contributed by atoms with Crippen LogP contribution in [0.15, 0.2) is 139 Å². The van der Waals surface area contributed by atoms with Gasteiger partial charge in [-0.05, 0) is 145 Å². The molecule has 0 N–H and O–H groups in total. The van der Waals surface area contributed by atoms with Crippen LogP contribution in [0.1, 0.15) is 133 Å². The number of benzene rings is 7. The predicted octanol–water partition coefficient (Wildman–Crippen LogP) is 15.0. The van der Waals surface area contributed by atoms with Gasteiger partial charge in [-0.1, -0.05) is 145 Å². The van der Waals surface area contributed by atoms with Crippen molar-refractivity contribution in [1.82, 2.24) is 4.40 Å². The lowest BCUT2D eigenvalue weighted by atomic mass is 9.45. The van der Waals surface area contributed by atoms with Gasteiger partial charge in [-0.2, -0.15) is 5.26 Å². The Morgan fingerprint density at radius 2 is 1.21 bits per heavy atom. The summed E-state index contributed by atoms with van der Waals surface area (Å²) in [6, 6.07) is 48.8. The fourth-order valence-corrected chi connectivity index (χ4v) is 15.8. The fraction of sp³-hybridized carbons (Fsp3) is 0.238. The highest BCUT2D eigenvalue weighted by Gasteiger charge is 2.59. The molecular formula is C63H48N2O. The van der Waals surface area contributed by atoms with Crippen LogP contribution < -0.4 is 0 Å². The molecule has 3 heteroatoms. The van der Waals surface area contributed by atoms with Gasteiger partial charge in [0.05, 0.1) is 33.6 Å². The van der Waals surface area contributed by atoms with Gasteiger partial charge in [-0.15, -0.1) is 0 Å². The van der Waals surface area contributed by atoms with Crippen molar-refractivity contribution in [3.8, 4) is 28.3 Å². The van der Waals surface area contributed by atoms with Gasteiger partial charge in [0.1, 0.15) is 0 Å². The molecule has 0 aliphatic heterocycles. The van der Waals surface area contributed by atoms with Gasteiger partial charge in [0.25, 0.3) is 0 Å². The predicted molar refractivity (Wildman–Crippen MR) is 268 cm³/mol. The van der Waals surface area contributed by atoms with E-state index in [1.807, 2.05) is 0 Å². The van der Waals surface area contributed by atoms with Gasteiger partial charge >= 0.3 is 0 Å². The lowest BCUT2D eigenvalue weighted by molar-refractivity contribution is 0.0280. The molecule has 0 radical (unpaired) electrons. The summed E-state index contributed by atoms with van der Waals surface area (Å²) >= 11 is 0. The summed E-state index contributed by atoms with van der Waals surface area (Å²) in [5.41, 5.74) is 22.9. The maximum absolute atomic E-state index is 14.5. The zero-order chi connectivity index (χ0) is 44.6. The van der Waals surface area contributed by atoms with E-state index >= 15 is 0 Å². The van der Waals surface area contributed by atoms with E-state index < -0.39 is 16.2 Å². The van der Waals surface area contributed by atoms with Crippen LogP contribution in [0.2, 0.25) is 0 Å². The Morgan fingerprint density at radius 1 is 0.576 bits per heavy atom. The number of Topliss-reactive ketones (excluding diaryl/α,β-unsaturated/α-hetero) is 1. The summed E-state index contributed by atoms with van der Waals surface area (Å²) in [4.78, 5) is 14.5. The molecule has 2 bridgehead atoms. The molecule has 16 rings (SSSR count). The molecule has 2 heterocycles. The van der Waals surface area contributed by atoms with Crippen LogP contribution in [0.25, 0.3) is 65.9 Å². The van der Waals surface area contributed by atoms with Crippen molar-refractivity contribution in [1.29, 1.82) is 5.26 Å². The van der Waals surface area contributed by atoms with Crippen LogP contribution in [0.5, 0.6) is 0 Å². The highest BCUT2D eigenvalue weighted by atomic mass is 16.1. The lowest BCUT2D eigenvalue weighted by Gasteiger charge is -2.57. The van der Waals surface area contributed by atoms with Crippen molar-refractivity contribution < 1.29 is 4.79 Å². The number of nitrogens with zero attached hydrogens (tertiary/aromatic N) is 2. The minimum absolute atomic E-state index is 0.0317. The van der Waals surface area contributed by atoms with Crippen molar-refractivity contribution in [2.75, 3.05) is 0 Å². The van der Waals surface area contributed by atoms with E-state index in [9.17, 15) is 10.1 Å². The molecule has 9 aromatic rings. The summed E-state index contributed by atoms with van der Waals surface area (Å²) < 4.78 is 2.43. The van der Waals surface area contributed by atoms with Gasteiger partial charge < -0.3 is 4.40 Å². The third-order valence-electron chi connectivity index (χ3n) is 18.1. The van der Waals surface area contributed by atoms with E-state index in [1.165, 1.54) is 105 Å². The molecule has 3 nitrogen and oxygen atoms in total. The molecule has 66 heavy (non-hydrogen) atoms. The second kappa shape index (κ2) is 11.5. The zero-order valence-corrected chi connectivity index (χ0v) is 38.3. The highest BCUT2D eigenvalue weighted by Crippen LogP contribution is 2.66. The number of hydrogen-bond donors (Lipinski definition) is 0. The maximum Gasteiger partial charge on any atom is 0.169 e. The smallest absolute Gasteiger partial charge is 0.169 e. The molecule has 1 fully saturated rings. The molecule has 1 unspecified atom stereocenters. The number of aromatic nitrogens is 1. The van der Waals surface area contributed by atoms with Gasteiger partial charge in [0.2, 0.25) is 0 Å². The maximum atomic E-state index is 14.5. The number of carbonyl (C=O) groups is 1. The molecule has 7 aromatic carbocycles. The number of ketones is 1. The Kier molecular flexibility index (Phi) is 6.48. The van der Waals surface area contributed by atoms with E-state index in [0.29, 0.717) is 0 Å². The minimum Gasteiger partial charge on any atom is -0.308 e. The summed E-state index contributed by atoms with van der Waals surface area (Å²) in [6.45, 7) is 13.9. The van der Waals surface area contributed by atoms with E-state index in [-0.39, 0.29) is 16.6 Å². The first-order valence-electron chi connectivity index (χ1n) is 24.0. The highest BCUT2D eigenvalue weighted by molar-refractivity contribution is 6.27. The van der Waals surface area contributed by atoms with Crippen LogP contribution >= 0.6 is 0 Å². The number of hydrogen-bond acceptors (Lipinski definition) is 2. The first-order chi connectivity index (χ1) is 31.8. The van der Waals surface area contributed by atoms with Crippen LogP contribution in [0.4, 0.5) is 0 Å². The van der Waals surface area contributed by atoms with E-state index in [0.717, 1.165) is 53.4 Å². The summed E-state index contributed by atoms with van der Waals surface area (Å²) in [7, 11) is 0. The Bertz CT molecular complexity index is 3940. The molecule has 1 saturated carbocycles. The zero-order valence-electron chi connectivity index (χ0n) is 38.3. The molecule has 0 saturated heterocycles. The van der Waals surface area contributed by atoms with Gasteiger partial charge in [0, 0.05) is 43.4 Å². The molecule has 1 spiro atoms. The number of fused-ring (bicyclic) bond motifs is 18.